The molecule has 9 heteroatoms. The average Bonchev–Trinajstić information content (AvgIpc) is 3.23. The van der Waals surface area contributed by atoms with Crippen molar-refractivity contribution in [3.63, 3.8) is 0 Å². The highest BCUT2D eigenvalue weighted by atomic mass is 35.5. The first kappa shape index (κ1) is 15.7. The summed E-state index contributed by atoms with van der Waals surface area (Å²) in [4.78, 5) is 41.5. The smallest absolute Gasteiger partial charge is 0.332 e. The highest BCUT2D eigenvalue weighted by Crippen LogP contribution is 2.43. The summed E-state index contributed by atoms with van der Waals surface area (Å²) < 4.78 is 0. The number of nitrogens with two attached hydrogens (primary N) is 1. The van der Waals surface area contributed by atoms with E-state index < -0.39 is 30.1 Å². The number of hydrogen-bond acceptors (Lipinski definition) is 4. The van der Waals surface area contributed by atoms with E-state index in [9.17, 15) is 14.4 Å². The number of carbonyl (C=O) groups is 3. The number of carbonyl (C=O) groups excluding carboxylic acids is 3. The number of piperazine rings is 1. The van der Waals surface area contributed by atoms with Crippen molar-refractivity contribution in [2.75, 3.05) is 11.4 Å². The van der Waals surface area contributed by atoms with Crippen molar-refractivity contribution in [2.45, 2.75) is 31.5 Å². The largest absolute Gasteiger partial charge is 0.351 e. The zero-order valence-corrected chi connectivity index (χ0v) is 14.0. The summed E-state index contributed by atoms with van der Waals surface area (Å²) in [6, 6.07) is 2.69. The van der Waals surface area contributed by atoms with Crippen LogP contribution in [0, 0.1) is 18.3 Å². The number of hydrogen-bond donors (Lipinski definition) is 1. The topological polar surface area (TPSA) is 111 Å². The van der Waals surface area contributed by atoms with Crippen molar-refractivity contribution in [1.29, 1.82) is 5.26 Å². The van der Waals surface area contributed by atoms with Gasteiger partial charge in [0, 0.05) is 6.54 Å². The van der Waals surface area contributed by atoms with Crippen molar-refractivity contribution in [1.82, 2.24) is 9.80 Å². The molecule has 0 radical (unpaired) electrons. The molecular formula is C16H14ClN5O3. The van der Waals surface area contributed by atoms with Crippen LogP contribution in [0.4, 0.5) is 15.3 Å². The van der Waals surface area contributed by atoms with Crippen molar-refractivity contribution in [3.8, 4) is 6.07 Å². The maximum Gasteiger partial charge on any atom is 0.332 e. The Morgan fingerprint density at radius 1 is 1.40 bits per heavy atom. The van der Waals surface area contributed by atoms with Gasteiger partial charge in [-0.25, -0.2) is 14.5 Å². The molecule has 3 unspecified atom stereocenters. The van der Waals surface area contributed by atoms with E-state index in [0.717, 1.165) is 4.90 Å². The van der Waals surface area contributed by atoms with Crippen LogP contribution in [0.2, 0.25) is 5.02 Å². The van der Waals surface area contributed by atoms with Crippen LogP contribution in [0.1, 0.15) is 17.5 Å². The molecule has 0 aromatic heterocycles. The molecule has 5 amide bonds. The third-order valence-corrected chi connectivity index (χ3v) is 5.75. The van der Waals surface area contributed by atoms with Crippen LogP contribution in [0.3, 0.4) is 0 Å². The minimum Gasteiger partial charge on any atom is -0.351 e. The molecule has 8 nitrogen and oxygen atoms in total. The first-order valence-corrected chi connectivity index (χ1v) is 8.16. The van der Waals surface area contributed by atoms with E-state index in [1.807, 2.05) is 6.07 Å². The number of amides is 5. The Morgan fingerprint density at radius 3 is 2.76 bits per heavy atom. The third kappa shape index (κ3) is 1.90. The number of halogens is 1. The van der Waals surface area contributed by atoms with E-state index in [1.165, 1.54) is 15.9 Å². The number of anilines is 1. The summed E-state index contributed by atoms with van der Waals surface area (Å²) in [5.74, 6) is -0.396. The predicted octanol–water partition coefficient (Wildman–Crippen LogP) is 1.19. The monoisotopic (exact) mass is 359 g/mol. The van der Waals surface area contributed by atoms with E-state index in [0.29, 0.717) is 24.2 Å². The molecule has 2 N–H and O–H groups in total. The van der Waals surface area contributed by atoms with Gasteiger partial charge in [0.2, 0.25) is 0 Å². The van der Waals surface area contributed by atoms with Gasteiger partial charge in [-0.15, -0.1) is 0 Å². The molecule has 3 atom stereocenters. The van der Waals surface area contributed by atoms with Crippen molar-refractivity contribution in [3.05, 3.63) is 28.3 Å². The molecule has 3 aliphatic rings. The van der Waals surface area contributed by atoms with Crippen molar-refractivity contribution in [2.24, 2.45) is 5.73 Å². The Balaban J connectivity index is 1.75. The lowest BCUT2D eigenvalue weighted by molar-refractivity contribution is -0.120. The van der Waals surface area contributed by atoms with Crippen LogP contribution in [0.5, 0.6) is 0 Å². The maximum atomic E-state index is 13.0. The molecule has 2 bridgehead atoms. The minimum atomic E-state index is -0.715. The Kier molecular flexibility index (Phi) is 3.21. The fraction of sp³-hybridized carbons (Fsp3) is 0.375. The van der Waals surface area contributed by atoms with Gasteiger partial charge in [0.05, 0.1) is 28.4 Å². The molecule has 3 fully saturated rings. The van der Waals surface area contributed by atoms with E-state index in [2.05, 4.69) is 0 Å². The van der Waals surface area contributed by atoms with Crippen LogP contribution in [0.15, 0.2) is 12.1 Å². The van der Waals surface area contributed by atoms with Gasteiger partial charge in [-0.3, -0.25) is 4.79 Å². The summed E-state index contributed by atoms with van der Waals surface area (Å²) in [6.07, 6.45) is 0.562. The Labute approximate surface area is 148 Å². The van der Waals surface area contributed by atoms with Gasteiger partial charge >= 0.3 is 12.1 Å². The molecular weight excluding hydrogens is 346 g/mol. The lowest BCUT2D eigenvalue weighted by atomic mass is 10.1. The van der Waals surface area contributed by atoms with E-state index in [-0.39, 0.29) is 16.6 Å². The van der Waals surface area contributed by atoms with Crippen molar-refractivity contribution >= 4 is 35.3 Å². The molecule has 3 aliphatic heterocycles. The molecule has 0 saturated carbocycles. The highest BCUT2D eigenvalue weighted by molar-refractivity contribution is 6.33. The normalized spacial score (nSPS) is 27.1. The van der Waals surface area contributed by atoms with Gasteiger partial charge in [-0.1, -0.05) is 11.6 Å². The lowest BCUT2D eigenvalue weighted by Crippen LogP contribution is -2.56. The summed E-state index contributed by atoms with van der Waals surface area (Å²) in [7, 11) is 0. The number of primary amides is 1. The number of likely N-dealkylation sites (tertiary alicyclic amines) is 1. The standard InChI is InChI=1S/C16H14ClN5O3/c1-7-10(3-2-8(5-18)12(7)17)22-14(23)13-11-4-9(21(13)16(22)25)6-20(11)15(19)24/h2-3,9,11,13H,4,6H2,1H3,(H2,19,24). The maximum absolute atomic E-state index is 13.0. The molecule has 4 rings (SSSR count). The molecule has 1 aromatic rings. The number of rotatable bonds is 1. The summed E-state index contributed by atoms with van der Waals surface area (Å²) in [5.41, 5.74) is 6.51. The number of nitrogens with zero attached hydrogens (tertiary/aromatic N) is 4. The van der Waals surface area contributed by atoms with Crippen LogP contribution in [0.25, 0.3) is 0 Å². The van der Waals surface area contributed by atoms with Gasteiger partial charge in [0.1, 0.15) is 12.1 Å². The van der Waals surface area contributed by atoms with E-state index in [1.54, 1.807) is 13.0 Å². The average molecular weight is 360 g/mol. The number of benzene rings is 1. The Morgan fingerprint density at radius 2 is 2.12 bits per heavy atom. The first-order valence-electron chi connectivity index (χ1n) is 7.78. The van der Waals surface area contributed by atoms with Gasteiger partial charge in [-0.2, -0.15) is 5.26 Å². The lowest BCUT2D eigenvalue weighted by Gasteiger charge is -2.33. The van der Waals surface area contributed by atoms with Crippen LogP contribution in [-0.4, -0.2) is 52.4 Å². The second-order valence-corrected chi connectivity index (χ2v) is 6.82. The van der Waals surface area contributed by atoms with Gasteiger partial charge in [0.15, 0.2) is 0 Å². The fourth-order valence-corrected chi connectivity index (χ4v) is 4.34. The number of fused-ring (bicyclic) bond motifs is 5. The molecule has 0 spiro atoms. The number of imide groups is 1. The Hall–Kier alpha value is -2.79. The van der Waals surface area contributed by atoms with Crippen molar-refractivity contribution < 1.29 is 14.4 Å². The first-order chi connectivity index (χ1) is 11.9. The molecule has 1 aromatic carbocycles. The predicted molar refractivity (Wildman–Crippen MR) is 87.9 cm³/mol. The van der Waals surface area contributed by atoms with E-state index >= 15 is 0 Å². The summed E-state index contributed by atoms with van der Waals surface area (Å²) >= 11 is 6.17. The molecule has 3 heterocycles. The zero-order chi connectivity index (χ0) is 18.0. The molecule has 25 heavy (non-hydrogen) atoms. The number of nitriles is 1. The van der Waals surface area contributed by atoms with Gasteiger partial charge in [-0.05, 0) is 31.0 Å². The Bertz CT molecular complexity index is 879. The van der Waals surface area contributed by atoms with Crippen LogP contribution >= 0.6 is 11.6 Å². The van der Waals surface area contributed by atoms with Gasteiger partial charge in [0.25, 0.3) is 5.91 Å². The van der Waals surface area contributed by atoms with Crippen LogP contribution < -0.4 is 10.6 Å². The second kappa shape index (κ2) is 5.10. The fourth-order valence-electron chi connectivity index (χ4n) is 4.14. The number of urea groups is 2. The van der Waals surface area contributed by atoms with Gasteiger partial charge < -0.3 is 15.5 Å². The molecule has 128 valence electrons. The minimum absolute atomic E-state index is 0.210. The molecule has 0 aliphatic carbocycles. The quantitative estimate of drug-likeness (QED) is 0.759. The second-order valence-electron chi connectivity index (χ2n) is 6.44. The van der Waals surface area contributed by atoms with Crippen LogP contribution in [-0.2, 0) is 4.79 Å². The zero-order valence-electron chi connectivity index (χ0n) is 13.3. The SMILES string of the molecule is Cc1c(N2C(=O)C3C4CC(CN4C(N)=O)N3C2=O)ccc(C#N)c1Cl. The molecule has 3 saturated heterocycles. The summed E-state index contributed by atoms with van der Waals surface area (Å²) in [6.45, 7) is 2.00. The van der Waals surface area contributed by atoms with E-state index in [4.69, 9.17) is 22.6 Å². The third-order valence-electron chi connectivity index (χ3n) is 5.27. The summed E-state index contributed by atoms with van der Waals surface area (Å²) in [5, 5.41) is 9.27. The highest BCUT2D eigenvalue weighted by Gasteiger charge is 2.62.